The number of carbonyl (C=O) groups is 2. The number of anilines is 1. The van der Waals surface area contributed by atoms with Crippen LogP contribution >= 0.6 is 0 Å². The summed E-state index contributed by atoms with van der Waals surface area (Å²) in [5.41, 5.74) is 4.18. The average Bonchev–Trinajstić information content (AvgIpc) is 2.57. The van der Waals surface area contributed by atoms with E-state index in [0.717, 1.165) is 16.7 Å². The lowest BCUT2D eigenvalue weighted by Gasteiger charge is -2.08. The Kier molecular flexibility index (Phi) is 5.69. The highest BCUT2D eigenvalue weighted by atomic mass is 16.5. The van der Waals surface area contributed by atoms with E-state index in [1.165, 1.54) is 0 Å². The molecular formula is C19H18N2O3. The van der Waals surface area contributed by atoms with Gasteiger partial charge in [0, 0.05) is 5.69 Å². The van der Waals surface area contributed by atoms with Crippen molar-refractivity contribution in [2.24, 2.45) is 0 Å². The number of carbonyl (C=O) groups excluding carboxylic acids is 2. The molecule has 1 N–H and O–H groups in total. The van der Waals surface area contributed by atoms with E-state index >= 15 is 0 Å². The predicted octanol–water partition coefficient (Wildman–Crippen LogP) is 2.90. The fourth-order valence-corrected chi connectivity index (χ4v) is 2.10. The van der Waals surface area contributed by atoms with Gasteiger partial charge in [0.2, 0.25) is 0 Å². The van der Waals surface area contributed by atoms with Crippen molar-refractivity contribution in [2.45, 2.75) is 20.3 Å². The van der Waals surface area contributed by atoms with Gasteiger partial charge in [0.25, 0.3) is 5.91 Å². The van der Waals surface area contributed by atoms with Gasteiger partial charge in [-0.05, 0) is 54.8 Å². The lowest BCUT2D eigenvalue weighted by molar-refractivity contribution is -0.146. The SMILES string of the molecule is Cc1ccc(CC(=O)OCC(=O)Nc2ccc(C#N)cc2)cc1C. The number of benzene rings is 2. The number of ether oxygens (including phenoxy) is 1. The Morgan fingerprint density at radius 3 is 2.42 bits per heavy atom. The fourth-order valence-electron chi connectivity index (χ4n) is 2.10. The molecule has 24 heavy (non-hydrogen) atoms. The molecule has 0 saturated carbocycles. The molecule has 0 atom stereocenters. The van der Waals surface area contributed by atoms with Gasteiger partial charge in [-0.2, -0.15) is 5.26 Å². The standard InChI is InChI=1S/C19H18N2O3/c1-13-3-4-16(9-14(13)2)10-19(23)24-12-18(22)21-17-7-5-15(11-20)6-8-17/h3-9H,10,12H2,1-2H3,(H,21,22). The summed E-state index contributed by atoms with van der Waals surface area (Å²) in [6.45, 7) is 3.64. The van der Waals surface area contributed by atoms with Crippen LogP contribution in [-0.2, 0) is 20.7 Å². The molecule has 0 bridgehead atoms. The molecule has 0 heterocycles. The molecule has 0 saturated heterocycles. The van der Waals surface area contributed by atoms with Gasteiger partial charge in [0.15, 0.2) is 6.61 Å². The second-order valence-corrected chi connectivity index (χ2v) is 5.49. The molecule has 0 radical (unpaired) electrons. The smallest absolute Gasteiger partial charge is 0.310 e. The van der Waals surface area contributed by atoms with Crippen molar-refractivity contribution in [1.29, 1.82) is 5.26 Å². The van der Waals surface area contributed by atoms with Gasteiger partial charge in [0.1, 0.15) is 0 Å². The Balaban J connectivity index is 1.81. The Labute approximate surface area is 140 Å². The number of esters is 1. The van der Waals surface area contributed by atoms with Gasteiger partial charge in [-0.3, -0.25) is 9.59 Å². The van der Waals surface area contributed by atoms with E-state index in [0.29, 0.717) is 11.3 Å². The third-order valence-electron chi connectivity index (χ3n) is 3.58. The second kappa shape index (κ2) is 7.93. The zero-order valence-electron chi connectivity index (χ0n) is 13.6. The highest BCUT2D eigenvalue weighted by molar-refractivity contribution is 5.92. The van der Waals surface area contributed by atoms with Crippen LogP contribution in [0, 0.1) is 25.2 Å². The van der Waals surface area contributed by atoms with Crippen LogP contribution in [0.2, 0.25) is 0 Å². The first-order valence-electron chi connectivity index (χ1n) is 7.49. The van der Waals surface area contributed by atoms with E-state index in [1.54, 1.807) is 24.3 Å². The van der Waals surface area contributed by atoms with Crippen LogP contribution in [0.3, 0.4) is 0 Å². The topological polar surface area (TPSA) is 79.2 Å². The Morgan fingerprint density at radius 1 is 1.08 bits per heavy atom. The molecule has 0 aromatic heterocycles. The predicted molar refractivity (Wildman–Crippen MR) is 90.4 cm³/mol. The first kappa shape index (κ1) is 17.2. The van der Waals surface area contributed by atoms with Crippen LogP contribution in [0.15, 0.2) is 42.5 Å². The second-order valence-electron chi connectivity index (χ2n) is 5.49. The zero-order valence-corrected chi connectivity index (χ0v) is 13.6. The van der Waals surface area contributed by atoms with E-state index < -0.39 is 11.9 Å². The highest BCUT2D eigenvalue weighted by Crippen LogP contribution is 2.11. The van der Waals surface area contributed by atoms with Gasteiger partial charge >= 0.3 is 5.97 Å². The molecule has 0 aliphatic carbocycles. The summed E-state index contributed by atoms with van der Waals surface area (Å²) in [6.07, 6.45) is 0.130. The molecule has 5 heteroatoms. The largest absolute Gasteiger partial charge is 0.455 e. The molecule has 122 valence electrons. The van der Waals surface area contributed by atoms with Crippen LogP contribution in [0.4, 0.5) is 5.69 Å². The maximum Gasteiger partial charge on any atom is 0.310 e. The van der Waals surface area contributed by atoms with E-state index in [-0.39, 0.29) is 13.0 Å². The maximum atomic E-state index is 11.8. The van der Waals surface area contributed by atoms with Gasteiger partial charge in [-0.1, -0.05) is 18.2 Å². The molecule has 2 aromatic carbocycles. The van der Waals surface area contributed by atoms with Gasteiger partial charge in [-0.15, -0.1) is 0 Å². The number of hydrogen-bond donors (Lipinski definition) is 1. The summed E-state index contributed by atoms with van der Waals surface area (Å²) in [4.78, 5) is 23.6. The molecule has 1 amide bonds. The third-order valence-corrected chi connectivity index (χ3v) is 3.58. The number of aryl methyl sites for hydroxylation is 2. The minimum atomic E-state index is -0.451. The van der Waals surface area contributed by atoms with Crippen molar-refractivity contribution < 1.29 is 14.3 Å². The van der Waals surface area contributed by atoms with Crippen molar-refractivity contribution in [3.8, 4) is 6.07 Å². The average molecular weight is 322 g/mol. The fraction of sp³-hybridized carbons (Fsp3) is 0.211. The summed E-state index contributed by atoms with van der Waals surface area (Å²) in [5, 5.41) is 11.3. The molecule has 0 aliphatic heterocycles. The zero-order chi connectivity index (χ0) is 17.5. The number of nitriles is 1. The highest BCUT2D eigenvalue weighted by Gasteiger charge is 2.09. The van der Waals surface area contributed by atoms with Gasteiger partial charge < -0.3 is 10.1 Å². The van der Waals surface area contributed by atoms with Crippen molar-refractivity contribution >= 4 is 17.6 Å². The normalized spacial score (nSPS) is 9.88. The summed E-state index contributed by atoms with van der Waals surface area (Å²) in [7, 11) is 0. The number of nitrogens with one attached hydrogen (secondary N) is 1. The maximum absolute atomic E-state index is 11.8. The molecule has 5 nitrogen and oxygen atoms in total. The monoisotopic (exact) mass is 322 g/mol. The van der Waals surface area contributed by atoms with Gasteiger partial charge in [-0.25, -0.2) is 0 Å². The summed E-state index contributed by atoms with van der Waals surface area (Å²) < 4.78 is 4.99. The lowest BCUT2D eigenvalue weighted by atomic mass is 10.0. The van der Waals surface area contributed by atoms with Crippen LogP contribution in [-0.4, -0.2) is 18.5 Å². The van der Waals surface area contributed by atoms with E-state index in [4.69, 9.17) is 10.00 Å². The molecule has 2 rings (SSSR count). The van der Waals surface area contributed by atoms with Crippen LogP contribution in [0.25, 0.3) is 0 Å². The molecule has 0 unspecified atom stereocenters. The molecule has 0 spiro atoms. The van der Waals surface area contributed by atoms with E-state index in [2.05, 4.69) is 5.32 Å². The van der Waals surface area contributed by atoms with Crippen molar-refractivity contribution in [3.05, 3.63) is 64.7 Å². The van der Waals surface area contributed by atoms with Crippen molar-refractivity contribution in [3.63, 3.8) is 0 Å². The van der Waals surface area contributed by atoms with Crippen LogP contribution in [0.5, 0.6) is 0 Å². The van der Waals surface area contributed by atoms with Crippen molar-refractivity contribution in [2.75, 3.05) is 11.9 Å². The number of rotatable bonds is 5. The molecule has 2 aromatic rings. The van der Waals surface area contributed by atoms with Crippen molar-refractivity contribution in [1.82, 2.24) is 0 Å². The summed E-state index contributed by atoms with van der Waals surface area (Å²) >= 11 is 0. The Hall–Kier alpha value is -3.13. The van der Waals surface area contributed by atoms with Crippen LogP contribution in [0.1, 0.15) is 22.3 Å². The van der Waals surface area contributed by atoms with E-state index in [9.17, 15) is 9.59 Å². The molecular weight excluding hydrogens is 304 g/mol. The number of amides is 1. The third kappa shape index (κ3) is 4.96. The molecule has 0 fully saturated rings. The quantitative estimate of drug-likeness (QED) is 0.858. The number of nitrogens with zero attached hydrogens (tertiary/aromatic N) is 1. The Morgan fingerprint density at radius 2 is 1.79 bits per heavy atom. The summed E-state index contributed by atoms with van der Waals surface area (Å²) in [5.74, 6) is -0.874. The minimum Gasteiger partial charge on any atom is -0.455 e. The van der Waals surface area contributed by atoms with Gasteiger partial charge in [0.05, 0.1) is 18.1 Å². The first-order chi connectivity index (χ1) is 11.5. The molecule has 0 aliphatic rings. The Bertz CT molecular complexity index is 789. The summed E-state index contributed by atoms with van der Waals surface area (Å²) in [6, 6.07) is 14.2. The first-order valence-corrected chi connectivity index (χ1v) is 7.49. The van der Waals surface area contributed by atoms with Crippen LogP contribution < -0.4 is 5.32 Å². The van der Waals surface area contributed by atoms with E-state index in [1.807, 2.05) is 38.1 Å². The minimum absolute atomic E-state index is 0.130. The number of hydrogen-bond acceptors (Lipinski definition) is 4. The lowest BCUT2D eigenvalue weighted by Crippen LogP contribution is -2.21.